The van der Waals surface area contributed by atoms with E-state index >= 15 is 0 Å². The fourth-order valence-corrected chi connectivity index (χ4v) is 1.96. The summed E-state index contributed by atoms with van der Waals surface area (Å²) in [6.45, 7) is 10.4. The molecule has 0 aliphatic rings. The predicted molar refractivity (Wildman–Crippen MR) is 74.5 cm³/mol. The largest absolute Gasteiger partial charge is 0.475 e. The predicted octanol–water partition coefficient (Wildman–Crippen LogP) is 2.36. The highest BCUT2D eigenvalue weighted by molar-refractivity contribution is 5.84. The van der Waals surface area contributed by atoms with Crippen LogP contribution in [0.1, 0.15) is 49.5 Å². The molecule has 1 aromatic heterocycles. The maximum atomic E-state index is 10.7. The molecule has 0 aliphatic carbocycles. The van der Waals surface area contributed by atoms with Crippen molar-refractivity contribution in [2.75, 3.05) is 26.2 Å². The molecule has 0 radical (unpaired) electrons. The smallest absolute Gasteiger partial charge is 0.371 e. The summed E-state index contributed by atoms with van der Waals surface area (Å²) in [6, 6.07) is 3.24. The Morgan fingerprint density at radius 2 is 2.11 bits per heavy atom. The van der Waals surface area contributed by atoms with Crippen molar-refractivity contribution in [2.45, 2.75) is 33.2 Å². The molecule has 1 aromatic rings. The molecule has 0 amide bonds. The van der Waals surface area contributed by atoms with Gasteiger partial charge in [-0.05, 0) is 51.7 Å². The van der Waals surface area contributed by atoms with Crippen LogP contribution in [0.2, 0.25) is 0 Å². The number of rotatable bonds is 9. The fourth-order valence-electron chi connectivity index (χ4n) is 1.96. The Labute approximate surface area is 114 Å². The zero-order valence-corrected chi connectivity index (χ0v) is 12.0. The zero-order chi connectivity index (χ0) is 14.3. The van der Waals surface area contributed by atoms with Crippen LogP contribution in [-0.4, -0.2) is 42.2 Å². The van der Waals surface area contributed by atoms with Crippen molar-refractivity contribution in [1.29, 1.82) is 0 Å². The van der Waals surface area contributed by atoms with Gasteiger partial charge in [0, 0.05) is 0 Å². The first-order valence-corrected chi connectivity index (χ1v) is 6.87. The lowest BCUT2D eigenvalue weighted by molar-refractivity contribution is 0.0659. The van der Waals surface area contributed by atoms with E-state index in [1.165, 1.54) is 6.07 Å². The van der Waals surface area contributed by atoms with Gasteiger partial charge in [0.05, 0.1) is 6.04 Å². The molecule has 1 unspecified atom stereocenters. The number of carboxylic acids is 1. The van der Waals surface area contributed by atoms with Crippen LogP contribution in [0.5, 0.6) is 0 Å². The molecule has 5 heteroatoms. The van der Waals surface area contributed by atoms with Crippen LogP contribution in [0.4, 0.5) is 0 Å². The summed E-state index contributed by atoms with van der Waals surface area (Å²) in [7, 11) is 0. The van der Waals surface area contributed by atoms with E-state index in [1.54, 1.807) is 6.07 Å². The van der Waals surface area contributed by atoms with Crippen molar-refractivity contribution in [2.24, 2.45) is 0 Å². The monoisotopic (exact) mass is 268 g/mol. The van der Waals surface area contributed by atoms with Crippen molar-refractivity contribution in [3.8, 4) is 0 Å². The minimum absolute atomic E-state index is 0.00760. The van der Waals surface area contributed by atoms with E-state index < -0.39 is 5.97 Å². The molecule has 19 heavy (non-hydrogen) atoms. The van der Waals surface area contributed by atoms with Crippen molar-refractivity contribution < 1.29 is 14.3 Å². The Morgan fingerprint density at radius 1 is 1.42 bits per heavy atom. The van der Waals surface area contributed by atoms with Crippen LogP contribution in [0.3, 0.4) is 0 Å². The third kappa shape index (κ3) is 5.04. The van der Waals surface area contributed by atoms with Gasteiger partial charge in [-0.3, -0.25) is 0 Å². The Balaban J connectivity index is 2.30. The molecule has 1 atom stereocenters. The number of hydrogen-bond donors (Lipinski definition) is 2. The standard InChI is InChI=1S/C14H24N2O3/c1-4-16(5-2)10-6-9-15-11(3)12-7-8-13(19-12)14(17)18/h7-8,11,15H,4-6,9-10H2,1-3H3,(H,17,18). The summed E-state index contributed by atoms with van der Waals surface area (Å²) in [5.74, 6) is -0.369. The molecule has 0 saturated carbocycles. The number of furan rings is 1. The average Bonchev–Trinajstić information content (AvgIpc) is 2.88. The molecule has 1 heterocycles. The first kappa shape index (κ1) is 15.7. The van der Waals surface area contributed by atoms with Gasteiger partial charge in [-0.2, -0.15) is 0 Å². The maximum absolute atomic E-state index is 10.7. The summed E-state index contributed by atoms with van der Waals surface area (Å²) >= 11 is 0. The van der Waals surface area contributed by atoms with Gasteiger partial charge in [0.25, 0.3) is 0 Å². The Kier molecular flexibility index (Phi) is 6.59. The lowest BCUT2D eigenvalue weighted by Gasteiger charge is -2.18. The highest BCUT2D eigenvalue weighted by Gasteiger charge is 2.13. The third-order valence-corrected chi connectivity index (χ3v) is 3.26. The van der Waals surface area contributed by atoms with Gasteiger partial charge in [-0.25, -0.2) is 4.79 Å². The Hall–Kier alpha value is -1.33. The Morgan fingerprint density at radius 3 is 2.63 bits per heavy atom. The van der Waals surface area contributed by atoms with Crippen molar-refractivity contribution in [3.05, 3.63) is 23.7 Å². The van der Waals surface area contributed by atoms with Gasteiger partial charge in [-0.15, -0.1) is 0 Å². The summed E-state index contributed by atoms with van der Waals surface area (Å²) in [6.07, 6.45) is 1.07. The highest BCUT2D eigenvalue weighted by atomic mass is 16.4. The van der Waals surface area contributed by atoms with Crippen LogP contribution in [-0.2, 0) is 0 Å². The van der Waals surface area contributed by atoms with E-state index in [-0.39, 0.29) is 11.8 Å². The second kappa shape index (κ2) is 7.96. The first-order valence-electron chi connectivity index (χ1n) is 6.87. The van der Waals surface area contributed by atoms with Crippen molar-refractivity contribution >= 4 is 5.97 Å². The van der Waals surface area contributed by atoms with Crippen molar-refractivity contribution in [1.82, 2.24) is 10.2 Å². The van der Waals surface area contributed by atoms with Gasteiger partial charge in [0.2, 0.25) is 5.76 Å². The van der Waals surface area contributed by atoms with Crippen LogP contribution in [0, 0.1) is 0 Å². The summed E-state index contributed by atoms with van der Waals surface area (Å²) in [5, 5.41) is 12.1. The topological polar surface area (TPSA) is 65.7 Å². The quantitative estimate of drug-likeness (QED) is 0.673. The minimum atomic E-state index is -1.03. The van der Waals surface area contributed by atoms with E-state index in [2.05, 4.69) is 24.1 Å². The average molecular weight is 268 g/mol. The molecule has 0 aliphatic heterocycles. The number of hydrogen-bond acceptors (Lipinski definition) is 4. The van der Waals surface area contributed by atoms with E-state index in [9.17, 15) is 4.79 Å². The number of aromatic carboxylic acids is 1. The minimum Gasteiger partial charge on any atom is -0.475 e. The molecule has 0 bridgehead atoms. The number of carboxylic acid groups (broad SMARTS) is 1. The van der Waals surface area contributed by atoms with E-state index in [0.29, 0.717) is 5.76 Å². The molecular formula is C14H24N2O3. The van der Waals surface area contributed by atoms with Crippen molar-refractivity contribution in [3.63, 3.8) is 0 Å². The van der Waals surface area contributed by atoms with Crippen LogP contribution < -0.4 is 5.32 Å². The SMILES string of the molecule is CCN(CC)CCCNC(C)c1ccc(C(=O)O)o1. The van der Waals surface area contributed by atoms with Gasteiger partial charge in [0.15, 0.2) is 0 Å². The number of nitrogens with one attached hydrogen (secondary N) is 1. The second-order valence-corrected chi connectivity index (χ2v) is 4.56. The molecule has 0 fully saturated rings. The van der Waals surface area contributed by atoms with Crippen LogP contribution >= 0.6 is 0 Å². The number of nitrogens with zero attached hydrogens (tertiary/aromatic N) is 1. The van der Waals surface area contributed by atoms with Crippen LogP contribution in [0.25, 0.3) is 0 Å². The summed E-state index contributed by atoms with van der Waals surface area (Å²) in [4.78, 5) is 13.1. The van der Waals surface area contributed by atoms with Gasteiger partial charge in [0.1, 0.15) is 5.76 Å². The lowest BCUT2D eigenvalue weighted by Crippen LogP contribution is -2.28. The molecule has 5 nitrogen and oxygen atoms in total. The molecular weight excluding hydrogens is 244 g/mol. The Bertz CT molecular complexity index is 386. The van der Waals surface area contributed by atoms with Crippen LogP contribution in [0.15, 0.2) is 16.5 Å². The fraction of sp³-hybridized carbons (Fsp3) is 0.643. The highest BCUT2D eigenvalue weighted by Crippen LogP contribution is 2.16. The lowest BCUT2D eigenvalue weighted by atomic mass is 10.2. The molecule has 0 saturated heterocycles. The summed E-state index contributed by atoms with van der Waals surface area (Å²) < 4.78 is 5.25. The first-order chi connectivity index (χ1) is 9.08. The van der Waals surface area contributed by atoms with Gasteiger partial charge in [-0.1, -0.05) is 13.8 Å². The molecule has 1 rings (SSSR count). The molecule has 0 spiro atoms. The van der Waals surface area contributed by atoms with E-state index in [1.807, 2.05) is 6.92 Å². The molecule has 0 aromatic carbocycles. The maximum Gasteiger partial charge on any atom is 0.371 e. The summed E-state index contributed by atoms with van der Waals surface area (Å²) in [5.41, 5.74) is 0. The molecule has 108 valence electrons. The zero-order valence-electron chi connectivity index (χ0n) is 12.0. The normalized spacial score (nSPS) is 12.8. The second-order valence-electron chi connectivity index (χ2n) is 4.56. The third-order valence-electron chi connectivity index (χ3n) is 3.26. The van der Waals surface area contributed by atoms with Gasteiger partial charge < -0.3 is 19.7 Å². The number of carbonyl (C=O) groups is 1. The van der Waals surface area contributed by atoms with E-state index in [0.717, 1.165) is 32.6 Å². The molecule has 2 N–H and O–H groups in total. The van der Waals surface area contributed by atoms with E-state index in [4.69, 9.17) is 9.52 Å². The van der Waals surface area contributed by atoms with Gasteiger partial charge >= 0.3 is 5.97 Å².